The zero-order valence-corrected chi connectivity index (χ0v) is 8.93. The van der Waals surface area contributed by atoms with E-state index in [4.69, 9.17) is 0 Å². The summed E-state index contributed by atoms with van der Waals surface area (Å²) in [5.74, 6) is 0.736. The zero-order chi connectivity index (χ0) is 9.40. The standard InChI is InChI=1S/C12H22/c1-5-7-8-12(4)10-9-11(3)6-2/h6,9-10,12H,5,7-8H2,1-4H3. The first-order valence-corrected chi connectivity index (χ1v) is 5.01. The molecule has 0 heteroatoms. The van der Waals surface area contributed by atoms with E-state index in [1.165, 1.54) is 24.8 Å². The third kappa shape index (κ3) is 6.21. The van der Waals surface area contributed by atoms with Crippen molar-refractivity contribution < 1.29 is 0 Å². The van der Waals surface area contributed by atoms with Crippen LogP contribution >= 0.6 is 0 Å². The van der Waals surface area contributed by atoms with Crippen molar-refractivity contribution in [2.24, 2.45) is 5.92 Å². The Hall–Kier alpha value is -0.520. The van der Waals surface area contributed by atoms with Crippen LogP contribution in [-0.2, 0) is 0 Å². The monoisotopic (exact) mass is 166 g/mol. The highest BCUT2D eigenvalue weighted by Gasteiger charge is 1.94. The minimum atomic E-state index is 0.736. The molecule has 0 saturated heterocycles. The molecule has 0 amide bonds. The first-order chi connectivity index (χ1) is 5.70. The van der Waals surface area contributed by atoms with Gasteiger partial charge in [-0.05, 0) is 26.2 Å². The second-order valence-corrected chi connectivity index (χ2v) is 3.51. The fourth-order valence-corrected chi connectivity index (χ4v) is 1.03. The molecule has 70 valence electrons. The molecule has 0 aromatic rings. The van der Waals surface area contributed by atoms with Gasteiger partial charge < -0.3 is 0 Å². The van der Waals surface area contributed by atoms with E-state index in [0.717, 1.165) is 5.92 Å². The minimum absolute atomic E-state index is 0.736. The van der Waals surface area contributed by atoms with Crippen molar-refractivity contribution in [2.75, 3.05) is 0 Å². The highest BCUT2D eigenvalue weighted by atomic mass is 14.0. The molecule has 0 spiro atoms. The maximum Gasteiger partial charge on any atom is -0.0259 e. The van der Waals surface area contributed by atoms with Crippen molar-refractivity contribution in [1.29, 1.82) is 0 Å². The normalized spacial score (nSPS) is 15.5. The summed E-state index contributed by atoms with van der Waals surface area (Å²) in [4.78, 5) is 0. The Bertz CT molecular complexity index is 151. The van der Waals surface area contributed by atoms with Crippen molar-refractivity contribution in [2.45, 2.75) is 47.0 Å². The maximum absolute atomic E-state index is 2.31. The molecule has 1 unspecified atom stereocenters. The van der Waals surface area contributed by atoms with Gasteiger partial charge in [0.2, 0.25) is 0 Å². The fraction of sp³-hybridized carbons (Fsp3) is 0.667. The summed E-state index contributed by atoms with van der Waals surface area (Å²) < 4.78 is 0. The van der Waals surface area contributed by atoms with E-state index in [1.54, 1.807) is 0 Å². The maximum atomic E-state index is 2.31. The van der Waals surface area contributed by atoms with Gasteiger partial charge in [-0.25, -0.2) is 0 Å². The average molecular weight is 166 g/mol. The molecule has 1 atom stereocenters. The van der Waals surface area contributed by atoms with Crippen LogP contribution in [-0.4, -0.2) is 0 Å². The molecule has 0 aliphatic heterocycles. The predicted molar refractivity (Wildman–Crippen MR) is 57.3 cm³/mol. The van der Waals surface area contributed by atoms with Crippen molar-refractivity contribution >= 4 is 0 Å². The van der Waals surface area contributed by atoms with Gasteiger partial charge in [-0.15, -0.1) is 0 Å². The number of hydrogen-bond acceptors (Lipinski definition) is 0. The fourth-order valence-electron chi connectivity index (χ4n) is 1.03. The number of rotatable bonds is 5. The Balaban J connectivity index is 3.67. The summed E-state index contributed by atoms with van der Waals surface area (Å²) in [6.07, 6.45) is 10.7. The second kappa shape index (κ2) is 7.15. The Morgan fingerprint density at radius 1 is 1.42 bits per heavy atom. The number of hydrogen-bond donors (Lipinski definition) is 0. The van der Waals surface area contributed by atoms with E-state index in [1.807, 2.05) is 0 Å². The third-order valence-corrected chi connectivity index (χ3v) is 2.16. The third-order valence-electron chi connectivity index (χ3n) is 2.16. The Kier molecular flexibility index (Phi) is 6.84. The van der Waals surface area contributed by atoms with Crippen LogP contribution in [0.5, 0.6) is 0 Å². The molecule has 0 heterocycles. The van der Waals surface area contributed by atoms with Crippen molar-refractivity contribution in [1.82, 2.24) is 0 Å². The molecule has 0 aliphatic rings. The van der Waals surface area contributed by atoms with Gasteiger partial charge in [0, 0.05) is 0 Å². The Morgan fingerprint density at radius 2 is 2.08 bits per heavy atom. The molecular weight excluding hydrogens is 144 g/mol. The molecule has 0 saturated carbocycles. The number of unbranched alkanes of at least 4 members (excludes halogenated alkanes) is 1. The van der Waals surface area contributed by atoms with Gasteiger partial charge in [-0.1, -0.05) is 50.5 Å². The summed E-state index contributed by atoms with van der Waals surface area (Å²) in [6.45, 7) is 8.75. The minimum Gasteiger partial charge on any atom is -0.0847 e. The quantitative estimate of drug-likeness (QED) is 0.533. The first-order valence-electron chi connectivity index (χ1n) is 5.01. The zero-order valence-electron chi connectivity index (χ0n) is 8.93. The van der Waals surface area contributed by atoms with Gasteiger partial charge in [0.1, 0.15) is 0 Å². The van der Waals surface area contributed by atoms with E-state index in [0.29, 0.717) is 0 Å². The summed E-state index contributed by atoms with van der Waals surface area (Å²) in [5.41, 5.74) is 1.36. The van der Waals surface area contributed by atoms with Crippen molar-refractivity contribution in [3.63, 3.8) is 0 Å². The average Bonchev–Trinajstić information content (AvgIpc) is 2.10. The highest BCUT2D eigenvalue weighted by molar-refractivity contribution is 5.15. The van der Waals surface area contributed by atoms with Crippen LogP contribution in [0.25, 0.3) is 0 Å². The summed E-state index contributed by atoms with van der Waals surface area (Å²) in [5, 5.41) is 0. The van der Waals surface area contributed by atoms with Gasteiger partial charge in [-0.3, -0.25) is 0 Å². The SMILES string of the molecule is CC=C(C)C=CC(C)CCCC. The van der Waals surface area contributed by atoms with E-state index < -0.39 is 0 Å². The molecule has 0 radical (unpaired) electrons. The van der Waals surface area contributed by atoms with Crippen LogP contribution < -0.4 is 0 Å². The Labute approximate surface area is 77.4 Å². The smallest absolute Gasteiger partial charge is 0.0259 e. The highest BCUT2D eigenvalue weighted by Crippen LogP contribution is 2.10. The van der Waals surface area contributed by atoms with Crippen LogP contribution in [0, 0.1) is 5.92 Å². The largest absolute Gasteiger partial charge is 0.0847 e. The summed E-state index contributed by atoms with van der Waals surface area (Å²) in [6, 6.07) is 0. The van der Waals surface area contributed by atoms with Crippen LogP contribution in [0.15, 0.2) is 23.8 Å². The summed E-state index contributed by atoms with van der Waals surface area (Å²) in [7, 11) is 0. The topological polar surface area (TPSA) is 0 Å². The molecule has 0 aromatic carbocycles. The first kappa shape index (κ1) is 11.5. The lowest BCUT2D eigenvalue weighted by atomic mass is 10.0. The van der Waals surface area contributed by atoms with Crippen LogP contribution in [0.3, 0.4) is 0 Å². The van der Waals surface area contributed by atoms with E-state index >= 15 is 0 Å². The van der Waals surface area contributed by atoms with Crippen molar-refractivity contribution in [3.05, 3.63) is 23.8 Å². The van der Waals surface area contributed by atoms with Crippen molar-refractivity contribution in [3.8, 4) is 0 Å². The van der Waals surface area contributed by atoms with Gasteiger partial charge in [0.25, 0.3) is 0 Å². The lowest BCUT2D eigenvalue weighted by Gasteiger charge is -2.03. The molecule has 0 N–H and O–H groups in total. The Morgan fingerprint density at radius 3 is 2.58 bits per heavy atom. The predicted octanol–water partition coefficient (Wildman–Crippen LogP) is 4.34. The molecule has 0 nitrogen and oxygen atoms in total. The molecule has 0 aliphatic carbocycles. The molecule has 12 heavy (non-hydrogen) atoms. The second-order valence-electron chi connectivity index (χ2n) is 3.51. The number of allylic oxidation sites excluding steroid dienone is 4. The molecular formula is C12H22. The lowest BCUT2D eigenvalue weighted by Crippen LogP contribution is -1.88. The van der Waals surface area contributed by atoms with Gasteiger partial charge in [0.05, 0.1) is 0 Å². The summed E-state index contributed by atoms with van der Waals surface area (Å²) >= 11 is 0. The van der Waals surface area contributed by atoms with Gasteiger partial charge in [0.15, 0.2) is 0 Å². The van der Waals surface area contributed by atoms with Gasteiger partial charge in [-0.2, -0.15) is 0 Å². The van der Waals surface area contributed by atoms with E-state index in [2.05, 4.69) is 45.9 Å². The van der Waals surface area contributed by atoms with E-state index in [-0.39, 0.29) is 0 Å². The lowest BCUT2D eigenvalue weighted by molar-refractivity contribution is 0.598. The van der Waals surface area contributed by atoms with Crippen LogP contribution in [0.4, 0.5) is 0 Å². The molecule has 0 fully saturated rings. The van der Waals surface area contributed by atoms with E-state index in [9.17, 15) is 0 Å². The van der Waals surface area contributed by atoms with Crippen LogP contribution in [0.1, 0.15) is 47.0 Å². The molecule has 0 rings (SSSR count). The van der Waals surface area contributed by atoms with Gasteiger partial charge >= 0.3 is 0 Å². The molecule has 0 bridgehead atoms. The molecule has 0 aromatic heterocycles. The van der Waals surface area contributed by atoms with Crippen LogP contribution in [0.2, 0.25) is 0 Å².